The van der Waals surface area contributed by atoms with Gasteiger partial charge in [0.05, 0.1) is 5.02 Å². The second kappa shape index (κ2) is 5.37. The Hall–Kier alpha value is -0.290. The predicted octanol–water partition coefficient (Wildman–Crippen LogP) is 3.41. The topological polar surface area (TPSA) is 37.4 Å². The van der Waals surface area contributed by atoms with Crippen LogP contribution in [0.3, 0.4) is 0 Å². The van der Waals surface area contributed by atoms with Crippen LogP contribution in [-0.2, 0) is 10.0 Å². The molecule has 1 heterocycles. The molecule has 1 aromatic rings. The SMILES string of the molecule is C[C@H]1CCCN(S(=O)(=O)c2ccc(Cl)cc2Cl)C1. The smallest absolute Gasteiger partial charge is 0.207 e. The molecular weight excluding hydrogens is 293 g/mol. The predicted molar refractivity (Wildman–Crippen MR) is 73.6 cm³/mol. The summed E-state index contributed by atoms with van der Waals surface area (Å²) in [4.78, 5) is 0.141. The van der Waals surface area contributed by atoms with Gasteiger partial charge in [-0.1, -0.05) is 30.1 Å². The fourth-order valence-electron chi connectivity index (χ4n) is 2.19. The Morgan fingerprint density at radius 3 is 2.67 bits per heavy atom. The zero-order valence-electron chi connectivity index (χ0n) is 10.1. The zero-order valence-corrected chi connectivity index (χ0v) is 12.4. The van der Waals surface area contributed by atoms with E-state index in [0.717, 1.165) is 12.8 Å². The lowest BCUT2D eigenvalue weighted by molar-refractivity contribution is 0.281. The quantitative estimate of drug-likeness (QED) is 0.839. The third-order valence-corrected chi connectivity index (χ3v) is 5.71. The fraction of sp³-hybridized carbons (Fsp3) is 0.500. The lowest BCUT2D eigenvalue weighted by Gasteiger charge is -2.30. The molecule has 1 aliphatic heterocycles. The Morgan fingerprint density at radius 2 is 2.06 bits per heavy atom. The van der Waals surface area contributed by atoms with Crippen LogP contribution in [0.2, 0.25) is 10.0 Å². The number of hydrogen-bond acceptors (Lipinski definition) is 2. The van der Waals surface area contributed by atoms with Crippen LogP contribution in [-0.4, -0.2) is 25.8 Å². The number of rotatable bonds is 2. The van der Waals surface area contributed by atoms with Crippen molar-refractivity contribution in [2.75, 3.05) is 13.1 Å². The summed E-state index contributed by atoms with van der Waals surface area (Å²) in [5.74, 6) is 0.389. The largest absolute Gasteiger partial charge is 0.244 e. The van der Waals surface area contributed by atoms with E-state index in [1.807, 2.05) is 0 Å². The molecule has 0 N–H and O–H groups in total. The number of hydrogen-bond donors (Lipinski definition) is 0. The number of piperidine rings is 1. The molecule has 2 rings (SSSR count). The lowest BCUT2D eigenvalue weighted by Crippen LogP contribution is -2.39. The fourth-order valence-corrected chi connectivity index (χ4v) is 4.53. The minimum Gasteiger partial charge on any atom is -0.207 e. The highest BCUT2D eigenvalue weighted by atomic mass is 35.5. The van der Waals surface area contributed by atoms with Crippen LogP contribution in [0.5, 0.6) is 0 Å². The van der Waals surface area contributed by atoms with E-state index >= 15 is 0 Å². The molecule has 3 nitrogen and oxygen atoms in total. The van der Waals surface area contributed by atoms with Crippen LogP contribution in [0.1, 0.15) is 19.8 Å². The van der Waals surface area contributed by atoms with Gasteiger partial charge in [-0.05, 0) is 37.0 Å². The highest BCUT2D eigenvalue weighted by molar-refractivity contribution is 7.89. The van der Waals surface area contributed by atoms with Crippen molar-refractivity contribution in [1.82, 2.24) is 4.31 Å². The summed E-state index contributed by atoms with van der Waals surface area (Å²) >= 11 is 11.8. The second-order valence-electron chi connectivity index (χ2n) is 4.69. The molecule has 1 saturated heterocycles. The van der Waals surface area contributed by atoms with Gasteiger partial charge in [-0.25, -0.2) is 8.42 Å². The maximum absolute atomic E-state index is 12.5. The Balaban J connectivity index is 2.35. The first-order valence-electron chi connectivity index (χ1n) is 5.86. The first kappa shape index (κ1) is 14.1. The summed E-state index contributed by atoms with van der Waals surface area (Å²) in [7, 11) is -3.50. The van der Waals surface area contributed by atoms with E-state index in [9.17, 15) is 8.42 Å². The molecule has 0 amide bonds. The van der Waals surface area contributed by atoms with Crippen molar-refractivity contribution in [2.45, 2.75) is 24.7 Å². The molecule has 18 heavy (non-hydrogen) atoms. The van der Waals surface area contributed by atoms with E-state index in [-0.39, 0.29) is 9.92 Å². The normalized spacial score (nSPS) is 22.1. The van der Waals surface area contributed by atoms with Crippen LogP contribution in [0.15, 0.2) is 23.1 Å². The van der Waals surface area contributed by atoms with Crippen molar-refractivity contribution >= 4 is 33.2 Å². The molecule has 0 aliphatic carbocycles. The third-order valence-electron chi connectivity index (χ3n) is 3.13. The van der Waals surface area contributed by atoms with E-state index in [1.165, 1.54) is 16.4 Å². The molecule has 6 heteroatoms. The van der Waals surface area contributed by atoms with Gasteiger partial charge in [0.1, 0.15) is 4.90 Å². The van der Waals surface area contributed by atoms with E-state index in [2.05, 4.69) is 6.92 Å². The van der Waals surface area contributed by atoms with Gasteiger partial charge in [-0.2, -0.15) is 4.31 Å². The molecule has 1 aromatic carbocycles. The van der Waals surface area contributed by atoms with Gasteiger partial charge in [-0.15, -0.1) is 0 Å². The number of nitrogens with zero attached hydrogens (tertiary/aromatic N) is 1. The average molecular weight is 308 g/mol. The van der Waals surface area contributed by atoms with E-state index in [0.29, 0.717) is 24.0 Å². The molecule has 0 bridgehead atoms. The molecule has 0 spiro atoms. The van der Waals surface area contributed by atoms with Crippen LogP contribution >= 0.6 is 23.2 Å². The monoisotopic (exact) mass is 307 g/mol. The minimum absolute atomic E-state index is 0.141. The average Bonchev–Trinajstić information content (AvgIpc) is 2.28. The maximum atomic E-state index is 12.5. The van der Waals surface area contributed by atoms with Gasteiger partial charge >= 0.3 is 0 Å². The van der Waals surface area contributed by atoms with E-state index < -0.39 is 10.0 Å². The van der Waals surface area contributed by atoms with Crippen molar-refractivity contribution < 1.29 is 8.42 Å². The van der Waals surface area contributed by atoms with Crippen LogP contribution in [0.25, 0.3) is 0 Å². The van der Waals surface area contributed by atoms with E-state index in [4.69, 9.17) is 23.2 Å². The summed E-state index contributed by atoms with van der Waals surface area (Å²) < 4.78 is 26.4. The van der Waals surface area contributed by atoms with Gasteiger partial charge < -0.3 is 0 Å². The van der Waals surface area contributed by atoms with Crippen LogP contribution in [0.4, 0.5) is 0 Å². The molecule has 0 radical (unpaired) electrons. The Labute approximate surface area is 118 Å². The second-order valence-corrected chi connectivity index (χ2v) is 7.44. The van der Waals surface area contributed by atoms with Gasteiger partial charge in [0.2, 0.25) is 10.0 Å². The Bertz CT molecular complexity index is 545. The van der Waals surface area contributed by atoms with Crippen LogP contribution in [0, 0.1) is 5.92 Å². The number of halogens is 2. The standard InChI is InChI=1S/C12H15Cl2NO2S/c1-9-3-2-6-15(8-9)18(16,17)12-5-4-10(13)7-11(12)14/h4-5,7,9H,2-3,6,8H2,1H3/t9-/m0/s1. The first-order valence-corrected chi connectivity index (χ1v) is 8.06. The van der Waals surface area contributed by atoms with Crippen molar-refractivity contribution in [3.05, 3.63) is 28.2 Å². The van der Waals surface area contributed by atoms with Gasteiger partial charge in [0.15, 0.2) is 0 Å². The van der Waals surface area contributed by atoms with Crippen LogP contribution < -0.4 is 0 Å². The molecule has 0 unspecified atom stereocenters. The summed E-state index contributed by atoms with van der Waals surface area (Å²) in [5, 5.41) is 0.617. The molecule has 0 aromatic heterocycles. The molecule has 0 saturated carbocycles. The number of benzene rings is 1. The van der Waals surface area contributed by atoms with E-state index in [1.54, 1.807) is 6.07 Å². The van der Waals surface area contributed by atoms with Gasteiger partial charge in [-0.3, -0.25) is 0 Å². The van der Waals surface area contributed by atoms with Crippen molar-refractivity contribution in [2.24, 2.45) is 5.92 Å². The van der Waals surface area contributed by atoms with Gasteiger partial charge in [0.25, 0.3) is 0 Å². The highest BCUT2D eigenvalue weighted by Crippen LogP contribution is 2.29. The zero-order chi connectivity index (χ0) is 13.3. The van der Waals surface area contributed by atoms with Crippen molar-refractivity contribution in [3.8, 4) is 0 Å². The lowest BCUT2D eigenvalue weighted by atomic mass is 10.0. The minimum atomic E-state index is -3.50. The maximum Gasteiger partial charge on any atom is 0.244 e. The van der Waals surface area contributed by atoms with Crippen molar-refractivity contribution in [3.63, 3.8) is 0 Å². The number of sulfonamides is 1. The molecule has 1 aliphatic rings. The Morgan fingerprint density at radius 1 is 1.33 bits per heavy atom. The first-order chi connectivity index (χ1) is 8.41. The highest BCUT2D eigenvalue weighted by Gasteiger charge is 2.30. The Kier molecular flexibility index (Phi) is 4.22. The molecular formula is C12H15Cl2NO2S. The third kappa shape index (κ3) is 2.82. The molecule has 1 atom stereocenters. The summed E-state index contributed by atoms with van der Waals surface area (Å²) in [5.41, 5.74) is 0. The summed E-state index contributed by atoms with van der Waals surface area (Å²) in [6, 6.07) is 4.48. The van der Waals surface area contributed by atoms with Gasteiger partial charge in [0, 0.05) is 18.1 Å². The summed E-state index contributed by atoms with van der Waals surface area (Å²) in [6.07, 6.45) is 1.96. The molecule has 1 fully saturated rings. The molecule has 100 valence electrons. The van der Waals surface area contributed by atoms with Crippen molar-refractivity contribution in [1.29, 1.82) is 0 Å². The summed E-state index contributed by atoms with van der Waals surface area (Å²) in [6.45, 7) is 3.18.